The van der Waals surface area contributed by atoms with Crippen molar-refractivity contribution in [1.82, 2.24) is 4.98 Å². The monoisotopic (exact) mass is 415 g/mol. The van der Waals surface area contributed by atoms with Crippen LogP contribution in [0, 0.1) is 0 Å². The van der Waals surface area contributed by atoms with Crippen LogP contribution < -0.4 is 15.4 Å². The summed E-state index contributed by atoms with van der Waals surface area (Å²) in [5.74, 6) is 0.348. The zero-order chi connectivity index (χ0) is 21.8. The Balaban J connectivity index is 1.59. The molecule has 1 aromatic heterocycles. The van der Waals surface area contributed by atoms with Crippen LogP contribution in [0.4, 0.5) is 5.69 Å². The molecule has 31 heavy (non-hydrogen) atoms. The second-order valence-corrected chi connectivity index (χ2v) is 8.90. The summed E-state index contributed by atoms with van der Waals surface area (Å²) in [6.07, 6.45) is 1.08. The van der Waals surface area contributed by atoms with Gasteiger partial charge in [0.05, 0.1) is 11.3 Å². The first-order chi connectivity index (χ1) is 14.8. The van der Waals surface area contributed by atoms with Crippen molar-refractivity contribution in [2.24, 2.45) is 5.73 Å². The molecule has 5 rings (SSSR count). The number of amides is 1. The van der Waals surface area contributed by atoms with Gasteiger partial charge in [-0.3, -0.25) is 4.79 Å². The van der Waals surface area contributed by atoms with E-state index in [0.29, 0.717) is 24.4 Å². The molecule has 1 fully saturated rings. The summed E-state index contributed by atoms with van der Waals surface area (Å²) in [7, 11) is 1.74. The van der Waals surface area contributed by atoms with Gasteiger partial charge in [0, 0.05) is 23.7 Å². The number of fused-ring (bicyclic) bond motifs is 1. The molecule has 0 radical (unpaired) electrons. The lowest BCUT2D eigenvalue weighted by atomic mass is 9.63. The maximum absolute atomic E-state index is 12.1. The number of aromatic nitrogens is 1. The average molecular weight is 415 g/mol. The highest BCUT2D eigenvalue weighted by atomic mass is 16.5. The second-order valence-electron chi connectivity index (χ2n) is 8.90. The molecule has 1 amide bonds. The minimum Gasteiger partial charge on any atom is -0.466 e. The van der Waals surface area contributed by atoms with E-state index in [4.69, 9.17) is 15.5 Å². The summed E-state index contributed by atoms with van der Waals surface area (Å²) < 4.78 is 5.64. The molecule has 3 N–H and O–H groups in total. The molecule has 0 bridgehead atoms. The van der Waals surface area contributed by atoms with E-state index in [1.807, 2.05) is 67.6 Å². The average Bonchev–Trinajstić information content (AvgIpc) is 2.75. The molecule has 2 heterocycles. The molecule has 2 aromatic carbocycles. The Hall–Kier alpha value is -3.22. The van der Waals surface area contributed by atoms with E-state index in [0.717, 1.165) is 27.9 Å². The Labute approximate surface area is 181 Å². The predicted molar refractivity (Wildman–Crippen MR) is 120 cm³/mol. The van der Waals surface area contributed by atoms with E-state index in [2.05, 4.69) is 0 Å². The van der Waals surface area contributed by atoms with Crippen LogP contribution >= 0.6 is 0 Å². The maximum atomic E-state index is 12.1. The first-order valence-corrected chi connectivity index (χ1v) is 10.4. The molecule has 158 valence electrons. The Bertz CT molecular complexity index is 1150. The van der Waals surface area contributed by atoms with Gasteiger partial charge in [-0.05, 0) is 37.0 Å². The van der Waals surface area contributed by atoms with Crippen LogP contribution in [-0.2, 0) is 10.3 Å². The number of benzene rings is 2. The molecular weight excluding hydrogens is 390 g/mol. The van der Waals surface area contributed by atoms with Crippen molar-refractivity contribution < 1.29 is 14.6 Å². The number of nitrogens with two attached hydrogens (primary N) is 1. The van der Waals surface area contributed by atoms with Gasteiger partial charge in [-0.1, -0.05) is 54.6 Å². The van der Waals surface area contributed by atoms with E-state index in [1.165, 1.54) is 0 Å². The molecule has 6 nitrogen and oxygen atoms in total. The summed E-state index contributed by atoms with van der Waals surface area (Å²) in [5, 5.41) is 10.1. The third kappa shape index (κ3) is 3.38. The number of nitrogens with zero attached hydrogens (tertiary/aromatic N) is 2. The molecule has 1 saturated carbocycles. The van der Waals surface area contributed by atoms with Gasteiger partial charge in [0.15, 0.2) is 6.61 Å². The molecule has 1 aliphatic carbocycles. The minimum atomic E-state index is -0.700. The Morgan fingerprint density at radius 2 is 1.74 bits per heavy atom. The SMILES string of the molecule is CN1C(=O)COc2nc(-c3ccc([C@]4(N)C[C@](C)(O)C4)cc3)c(-c3ccccc3)cc21. The standard InChI is InChI=1S/C25H25N3O3/c1-24(30)14-25(26,15-24)18-10-8-17(9-11-18)22-19(16-6-4-3-5-7-16)12-20-23(27-22)31-13-21(29)28(20)2/h3-12,30H,13-15,26H2,1-2H3/t24-,25-. The van der Waals surface area contributed by atoms with Crippen molar-refractivity contribution in [2.45, 2.75) is 30.9 Å². The number of pyridine rings is 1. The zero-order valence-corrected chi connectivity index (χ0v) is 17.6. The van der Waals surface area contributed by atoms with Crippen molar-refractivity contribution in [3.05, 3.63) is 66.2 Å². The number of likely N-dealkylation sites (N-methyl/N-ethyl adjacent to an activating group) is 1. The number of anilines is 1. The fourth-order valence-electron chi connectivity index (χ4n) is 4.72. The molecule has 1 aliphatic heterocycles. The van der Waals surface area contributed by atoms with Gasteiger partial charge >= 0.3 is 0 Å². The van der Waals surface area contributed by atoms with Crippen LogP contribution in [0.2, 0.25) is 0 Å². The second kappa shape index (κ2) is 6.90. The summed E-state index contributed by atoms with van der Waals surface area (Å²) in [6, 6.07) is 20.0. The fraction of sp³-hybridized carbons (Fsp3) is 0.280. The van der Waals surface area contributed by atoms with E-state index in [-0.39, 0.29) is 12.5 Å². The first kappa shape index (κ1) is 19.7. The highest BCUT2D eigenvalue weighted by Crippen LogP contribution is 2.47. The third-order valence-electron chi connectivity index (χ3n) is 6.25. The highest BCUT2D eigenvalue weighted by molar-refractivity contribution is 5.98. The molecule has 0 unspecified atom stereocenters. The normalized spacial score (nSPS) is 24.9. The van der Waals surface area contributed by atoms with Gasteiger partial charge in [0.25, 0.3) is 5.91 Å². The van der Waals surface area contributed by atoms with Crippen LogP contribution in [0.1, 0.15) is 25.3 Å². The van der Waals surface area contributed by atoms with Crippen molar-refractivity contribution >= 4 is 11.6 Å². The molecule has 0 saturated heterocycles. The fourth-order valence-corrected chi connectivity index (χ4v) is 4.72. The lowest BCUT2D eigenvalue weighted by Gasteiger charge is -2.49. The number of hydrogen-bond donors (Lipinski definition) is 2. The molecule has 3 aromatic rings. The van der Waals surface area contributed by atoms with Crippen LogP contribution in [0.3, 0.4) is 0 Å². The van der Waals surface area contributed by atoms with E-state index in [1.54, 1.807) is 11.9 Å². The van der Waals surface area contributed by atoms with Gasteiger partial charge < -0.3 is 20.5 Å². The van der Waals surface area contributed by atoms with E-state index >= 15 is 0 Å². The van der Waals surface area contributed by atoms with Crippen molar-refractivity contribution in [3.8, 4) is 28.3 Å². The van der Waals surface area contributed by atoms with Crippen LogP contribution in [0.5, 0.6) is 5.88 Å². The lowest BCUT2D eigenvalue weighted by Crippen LogP contribution is -2.58. The maximum Gasteiger partial charge on any atom is 0.264 e. The smallest absolute Gasteiger partial charge is 0.264 e. The molecule has 0 spiro atoms. The van der Waals surface area contributed by atoms with Crippen molar-refractivity contribution in [1.29, 1.82) is 0 Å². The largest absolute Gasteiger partial charge is 0.466 e. The number of rotatable bonds is 3. The number of ether oxygens (including phenoxy) is 1. The van der Waals surface area contributed by atoms with Gasteiger partial charge in [0.2, 0.25) is 5.88 Å². The van der Waals surface area contributed by atoms with Crippen molar-refractivity contribution in [3.63, 3.8) is 0 Å². The summed E-state index contributed by atoms with van der Waals surface area (Å²) in [6.45, 7) is 1.80. The predicted octanol–water partition coefficient (Wildman–Crippen LogP) is 3.47. The van der Waals surface area contributed by atoms with E-state index in [9.17, 15) is 9.90 Å². The number of carbonyl (C=O) groups is 1. The van der Waals surface area contributed by atoms with Crippen molar-refractivity contribution in [2.75, 3.05) is 18.6 Å². The minimum absolute atomic E-state index is 0.0187. The lowest BCUT2D eigenvalue weighted by molar-refractivity contribution is -0.121. The van der Waals surface area contributed by atoms with E-state index < -0.39 is 11.1 Å². The Kier molecular flexibility index (Phi) is 4.39. The Morgan fingerprint density at radius 3 is 2.39 bits per heavy atom. The Morgan fingerprint density at radius 1 is 1.06 bits per heavy atom. The number of hydrogen-bond acceptors (Lipinski definition) is 5. The first-order valence-electron chi connectivity index (χ1n) is 10.4. The topological polar surface area (TPSA) is 88.7 Å². The van der Waals surface area contributed by atoms with Gasteiger partial charge in [-0.25, -0.2) is 4.98 Å². The summed E-state index contributed by atoms with van der Waals surface area (Å²) in [4.78, 5) is 18.5. The van der Waals surface area contributed by atoms with Crippen LogP contribution in [0.15, 0.2) is 60.7 Å². The van der Waals surface area contributed by atoms with Gasteiger partial charge in [0.1, 0.15) is 5.69 Å². The van der Waals surface area contributed by atoms with Gasteiger partial charge in [-0.15, -0.1) is 0 Å². The summed E-state index contributed by atoms with van der Waals surface area (Å²) >= 11 is 0. The number of aliphatic hydroxyl groups is 1. The van der Waals surface area contributed by atoms with Crippen LogP contribution in [-0.4, -0.2) is 35.3 Å². The molecular formula is C25H25N3O3. The van der Waals surface area contributed by atoms with Gasteiger partial charge in [-0.2, -0.15) is 0 Å². The molecule has 0 atom stereocenters. The molecule has 2 aliphatic rings. The zero-order valence-electron chi connectivity index (χ0n) is 17.6. The highest BCUT2D eigenvalue weighted by Gasteiger charge is 2.49. The third-order valence-corrected chi connectivity index (χ3v) is 6.25. The summed E-state index contributed by atoms with van der Waals surface area (Å²) in [5.41, 5.74) is 10.6. The molecule has 6 heteroatoms. The quantitative estimate of drug-likeness (QED) is 0.684. The number of carbonyl (C=O) groups excluding carboxylic acids is 1. The van der Waals surface area contributed by atoms with Crippen LogP contribution in [0.25, 0.3) is 22.4 Å².